The molecule has 1 aliphatic heterocycles. The molecule has 5 heteroatoms. The Morgan fingerprint density at radius 3 is 2.44 bits per heavy atom. The summed E-state index contributed by atoms with van der Waals surface area (Å²) in [5.74, 6) is 0.112. The molecule has 1 saturated heterocycles. The lowest BCUT2D eigenvalue weighted by Crippen LogP contribution is -2.48. The van der Waals surface area contributed by atoms with Crippen molar-refractivity contribution in [1.29, 1.82) is 0 Å². The summed E-state index contributed by atoms with van der Waals surface area (Å²) in [6.45, 7) is 4.17. The first-order valence-corrected chi connectivity index (χ1v) is 9.34. The summed E-state index contributed by atoms with van der Waals surface area (Å²) in [4.78, 5) is 21.5. The molecule has 0 radical (unpaired) electrons. The molecule has 0 aliphatic carbocycles. The third-order valence-electron chi connectivity index (χ3n) is 5.20. The van der Waals surface area contributed by atoms with Gasteiger partial charge in [0, 0.05) is 57.9 Å². The van der Waals surface area contributed by atoms with E-state index in [0.717, 1.165) is 49.7 Å². The third kappa shape index (κ3) is 3.78. The number of rotatable bonds is 4. The maximum absolute atomic E-state index is 13.0. The summed E-state index contributed by atoms with van der Waals surface area (Å²) in [6.07, 6.45) is 3.70. The lowest BCUT2D eigenvalue weighted by molar-refractivity contribution is 0.0619. The Hall–Kier alpha value is -2.92. The number of piperazine rings is 1. The predicted molar refractivity (Wildman–Crippen MR) is 106 cm³/mol. The molecular formula is C22H24N4O. The molecule has 1 amide bonds. The molecule has 138 valence electrons. The third-order valence-corrected chi connectivity index (χ3v) is 5.20. The molecule has 0 atom stereocenters. The van der Waals surface area contributed by atoms with Crippen LogP contribution in [0.2, 0.25) is 0 Å². The summed E-state index contributed by atoms with van der Waals surface area (Å²) in [5, 5.41) is 0. The minimum atomic E-state index is 0.112. The van der Waals surface area contributed by atoms with Crippen molar-refractivity contribution < 1.29 is 4.79 Å². The molecule has 0 N–H and O–H groups in total. The van der Waals surface area contributed by atoms with Crippen molar-refractivity contribution in [2.24, 2.45) is 7.05 Å². The Kier molecular flexibility index (Phi) is 5.03. The monoisotopic (exact) mass is 360 g/mol. The maximum Gasteiger partial charge on any atom is 0.270 e. The number of benzene rings is 1. The van der Waals surface area contributed by atoms with Crippen LogP contribution < -0.4 is 0 Å². The van der Waals surface area contributed by atoms with Crippen molar-refractivity contribution in [3.05, 3.63) is 78.2 Å². The van der Waals surface area contributed by atoms with Crippen LogP contribution in [0.25, 0.3) is 11.3 Å². The summed E-state index contributed by atoms with van der Waals surface area (Å²) >= 11 is 0. The van der Waals surface area contributed by atoms with Gasteiger partial charge in [-0.2, -0.15) is 0 Å². The number of aromatic nitrogens is 2. The quantitative estimate of drug-likeness (QED) is 0.718. The number of nitrogens with zero attached hydrogens (tertiary/aromatic N) is 4. The molecule has 2 aromatic heterocycles. The van der Waals surface area contributed by atoms with Crippen LogP contribution in [0.4, 0.5) is 0 Å². The molecule has 0 bridgehead atoms. The van der Waals surface area contributed by atoms with E-state index in [9.17, 15) is 4.79 Å². The zero-order valence-electron chi connectivity index (χ0n) is 15.6. The van der Waals surface area contributed by atoms with Crippen LogP contribution in [-0.4, -0.2) is 51.4 Å². The average molecular weight is 360 g/mol. The molecule has 0 spiro atoms. The number of hydrogen-bond donors (Lipinski definition) is 0. The second-order valence-electron chi connectivity index (χ2n) is 6.96. The molecular weight excluding hydrogens is 336 g/mol. The van der Waals surface area contributed by atoms with Crippen molar-refractivity contribution >= 4 is 5.91 Å². The standard InChI is InChI=1S/C22H24N4O/c1-24-20(19-7-3-2-4-8-19)9-10-21(24)22(27)26-14-12-25(13-15-26)17-18-6-5-11-23-16-18/h2-11,16H,12-15,17H2,1H3. The van der Waals surface area contributed by atoms with Gasteiger partial charge >= 0.3 is 0 Å². The predicted octanol–water partition coefficient (Wildman–Crippen LogP) is 3.05. The van der Waals surface area contributed by atoms with E-state index in [1.807, 2.05) is 59.1 Å². The average Bonchev–Trinajstić information content (AvgIpc) is 3.11. The Morgan fingerprint density at radius 1 is 0.963 bits per heavy atom. The van der Waals surface area contributed by atoms with Crippen molar-refractivity contribution in [3.63, 3.8) is 0 Å². The lowest BCUT2D eigenvalue weighted by Gasteiger charge is -2.34. The summed E-state index contributed by atoms with van der Waals surface area (Å²) < 4.78 is 2.00. The SMILES string of the molecule is Cn1c(C(=O)N2CCN(Cc3cccnc3)CC2)ccc1-c1ccccc1. The van der Waals surface area contributed by atoms with Gasteiger partial charge in [-0.1, -0.05) is 36.4 Å². The van der Waals surface area contributed by atoms with E-state index >= 15 is 0 Å². The molecule has 4 rings (SSSR count). The van der Waals surface area contributed by atoms with Gasteiger partial charge in [-0.3, -0.25) is 14.7 Å². The first-order valence-electron chi connectivity index (χ1n) is 9.34. The number of carbonyl (C=O) groups excluding carboxylic acids is 1. The molecule has 0 saturated carbocycles. The van der Waals surface area contributed by atoms with Crippen molar-refractivity contribution in [2.75, 3.05) is 26.2 Å². The first kappa shape index (κ1) is 17.5. The fraction of sp³-hybridized carbons (Fsp3) is 0.273. The summed E-state index contributed by atoms with van der Waals surface area (Å²) in [5.41, 5.74) is 4.15. The molecule has 27 heavy (non-hydrogen) atoms. The second kappa shape index (κ2) is 7.76. The fourth-order valence-corrected chi connectivity index (χ4v) is 3.65. The molecule has 3 aromatic rings. The molecule has 1 fully saturated rings. The highest BCUT2D eigenvalue weighted by molar-refractivity contribution is 5.94. The van der Waals surface area contributed by atoms with Gasteiger partial charge in [-0.05, 0) is 29.3 Å². The molecule has 1 aromatic carbocycles. The van der Waals surface area contributed by atoms with Gasteiger partial charge in [0.05, 0.1) is 0 Å². The van der Waals surface area contributed by atoms with Crippen LogP contribution in [0, 0.1) is 0 Å². The maximum atomic E-state index is 13.0. The zero-order valence-corrected chi connectivity index (χ0v) is 15.6. The molecule has 0 unspecified atom stereocenters. The van der Waals surface area contributed by atoms with E-state index in [1.54, 1.807) is 6.20 Å². The van der Waals surface area contributed by atoms with E-state index in [-0.39, 0.29) is 5.91 Å². The summed E-state index contributed by atoms with van der Waals surface area (Å²) in [6, 6.07) is 18.2. The van der Waals surface area contributed by atoms with E-state index in [4.69, 9.17) is 0 Å². The molecule has 3 heterocycles. The van der Waals surface area contributed by atoms with Crippen LogP contribution >= 0.6 is 0 Å². The largest absolute Gasteiger partial charge is 0.340 e. The fourth-order valence-electron chi connectivity index (χ4n) is 3.65. The highest BCUT2D eigenvalue weighted by Gasteiger charge is 2.24. The van der Waals surface area contributed by atoms with Crippen LogP contribution in [0.3, 0.4) is 0 Å². The number of pyridine rings is 1. The number of carbonyl (C=O) groups is 1. The van der Waals surface area contributed by atoms with Gasteiger partial charge in [0.2, 0.25) is 0 Å². The van der Waals surface area contributed by atoms with Gasteiger partial charge in [-0.25, -0.2) is 0 Å². The Bertz CT molecular complexity index is 897. The molecule has 1 aliphatic rings. The van der Waals surface area contributed by atoms with Gasteiger partial charge in [-0.15, -0.1) is 0 Å². The number of hydrogen-bond acceptors (Lipinski definition) is 3. The Balaban J connectivity index is 1.41. The normalized spacial score (nSPS) is 15.1. The summed E-state index contributed by atoms with van der Waals surface area (Å²) in [7, 11) is 1.97. The second-order valence-corrected chi connectivity index (χ2v) is 6.96. The van der Waals surface area contributed by atoms with E-state index in [1.165, 1.54) is 5.56 Å². The Labute approximate surface area is 159 Å². The van der Waals surface area contributed by atoms with E-state index in [2.05, 4.69) is 28.1 Å². The minimum Gasteiger partial charge on any atom is -0.340 e. The van der Waals surface area contributed by atoms with Crippen molar-refractivity contribution in [3.8, 4) is 11.3 Å². The zero-order chi connectivity index (χ0) is 18.6. The van der Waals surface area contributed by atoms with Crippen LogP contribution in [0.1, 0.15) is 16.1 Å². The highest BCUT2D eigenvalue weighted by atomic mass is 16.2. The van der Waals surface area contributed by atoms with Crippen LogP contribution in [0.15, 0.2) is 67.0 Å². The molecule has 5 nitrogen and oxygen atoms in total. The Morgan fingerprint density at radius 2 is 1.74 bits per heavy atom. The lowest BCUT2D eigenvalue weighted by atomic mass is 10.2. The van der Waals surface area contributed by atoms with Crippen molar-refractivity contribution in [1.82, 2.24) is 19.4 Å². The van der Waals surface area contributed by atoms with E-state index < -0.39 is 0 Å². The van der Waals surface area contributed by atoms with Gasteiger partial charge in [0.15, 0.2) is 0 Å². The van der Waals surface area contributed by atoms with Crippen molar-refractivity contribution in [2.45, 2.75) is 6.54 Å². The minimum absolute atomic E-state index is 0.112. The van der Waals surface area contributed by atoms with E-state index in [0.29, 0.717) is 0 Å². The first-order chi connectivity index (χ1) is 13.2. The van der Waals surface area contributed by atoms with Gasteiger partial charge < -0.3 is 9.47 Å². The van der Waals surface area contributed by atoms with Gasteiger partial charge in [0.25, 0.3) is 5.91 Å². The van der Waals surface area contributed by atoms with Gasteiger partial charge in [0.1, 0.15) is 5.69 Å². The smallest absolute Gasteiger partial charge is 0.270 e. The van der Waals surface area contributed by atoms with Crippen LogP contribution in [0.5, 0.6) is 0 Å². The number of amides is 1. The topological polar surface area (TPSA) is 41.4 Å². The van der Waals surface area contributed by atoms with Crippen LogP contribution in [-0.2, 0) is 13.6 Å². The highest BCUT2D eigenvalue weighted by Crippen LogP contribution is 2.22.